The molecule has 3 aromatic rings. The van der Waals surface area contributed by atoms with Crippen LogP contribution in [0.3, 0.4) is 0 Å². The lowest BCUT2D eigenvalue weighted by Crippen LogP contribution is -2.63. The molecule has 0 unspecified atom stereocenters. The molecule has 9 heteroatoms. The van der Waals surface area contributed by atoms with E-state index in [-0.39, 0.29) is 24.1 Å². The summed E-state index contributed by atoms with van der Waals surface area (Å²) < 4.78 is 36.1. The maximum absolute atomic E-state index is 14.5. The smallest absolute Gasteiger partial charge is 0.278 e. The van der Waals surface area contributed by atoms with Crippen LogP contribution in [0.25, 0.3) is 0 Å². The third-order valence-electron chi connectivity index (χ3n) is 6.67. The number of ether oxygens (including phenoxy) is 1. The van der Waals surface area contributed by atoms with Gasteiger partial charge in [-0.1, -0.05) is 30.3 Å². The van der Waals surface area contributed by atoms with E-state index >= 15 is 0 Å². The van der Waals surface area contributed by atoms with Gasteiger partial charge in [0.15, 0.2) is 23.1 Å². The molecule has 3 heterocycles. The quantitative estimate of drug-likeness (QED) is 0.629. The van der Waals surface area contributed by atoms with Gasteiger partial charge in [0.25, 0.3) is 5.91 Å². The molecule has 2 aromatic carbocycles. The molecular weight excluding hydrogens is 444 g/mol. The minimum atomic E-state index is -1.02. The molecule has 6 rings (SSSR count). The zero-order chi connectivity index (χ0) is 23.6. The van der Waals surface area contributed by atoms with Crippen LogP contribution in [0.5, 0.6) is 11.5 Å². The SMILES string of the molecule is O=C1c2c(O)c(=O)ccn2N2[C@@H](c3ccccc3)c3cc(F)c(F)cc3OCC[C@@H]2N1C1CC1. The third kappa shape index (κ3) is 3.07. The van der Waals surface area contributed by atoms with E-state index in [1.54, 1.807) is 4.90 Å². The van der Waals surface area contributed by atoms with Gasteiger partial charge in [0.2, 0.25) is 5.43 Å². The van der Waals surface area contributed by atoms with Crippen molar-refractivity contribution in [2.45, 2.75) is 37.5 Å². The van der Waals surface area contributed by atoms with Gasteiger partial charge in [0.05, 0.1) is 6.61 Å². The number of benzene rings is 2. The summed E-state index contributed by atoms with van der Waals surface area (Å²) in [5.74, 6) is -2.90. The number of rotatable bonds is 2. The average Bonchev–Trinajstić information content (AvgIpc) is 3.65. The van der Waals surface area contributed by atoms with Gasteiger partial charge in [0, 0.05) is 36.4 Å². The highest BCUT2D eigenvalue weighted by molar-refractivity contribution is 5.97. The molecule has 1 aliphatic carbocycles. The molecule has 1 N–H and O–H groups in total. The zero-order valence-electron chi connectivity index (χ0n) is 18.0. The second-order valence-electron chi connectivity index (χ2n) is 8.78. The van der Waals surface area contributed by atoms with Crippen LogP contribution in [0.1, 0.15) is 46.9 Å². The van der Waals surface area contributed by atoms with Crippen molar-refractivity contribution in [1.29, 1.82) is 0 Å². The maximum Gasteiger partial charge on any atom is 0.278 e. The predicted octanol–water partition coefficient (Wildman–Crippen LogP) is 3.29. The van der Waals surface area contributed by atoms with Crippen LogP contribution in [-0.4, -0.2) is 39.4 Å². The molecule has 34 heavy (non-hydrogen) atoms. The minimum Gasteiger partial charge on any atom is -0.502 e. The molecule has 2 aliphatic heterocycles. The summed E-state index contributed by atoms with van der Waals surface area (Å²) in [6, 6.07) is 11.8. The number of carbonyl (C=O) groups is 1. The van der Waals surface area contributed by atoms with E-state index < -0.39 is 40.9 Å². The van der Waals surface area contributed by atoms with Crippen LogP contribution in [0.2, 0.25) is 0 Å². The van der Waals surface area contributed by atoms with E-state index in [1.807, 2.05) is 35.3 Å². The lowest BCUT2D eigenvalue weighted by Gasteiger charge is -2.51. The van der Waals surface area contributed by atoms with Crippen molar-refractivity contribution in [3.05, 3.63) is 93.4 Å². The van der Waals surface area contributed by atoms with Crippen LogP contribution >= 0.6 is 0 Å². The Hall–Kier alpha value is -3.88. The summed E-state index contributed by atoms with van der Waals surface area (Å²) in [5.41, 5.74) is 0.333. The fraction of sp³-hybridized carbons (Fsp3) is 0.280. The van der Waals surface area contributed by atoms with Crippen LogP contribution < -0.4 is 15.2 Å². The Morgan fingerprint density at radius 3 is 2.44 bits per heavy atom. The summed E-state index contributed by atoms with van der Waals surface area (Å²) in [6.45, 7) is 0.165. The Morgan fingerprint density at radius 2 is 1.71 bits per heavy atom. The lowest BCUT2D eigenvalue weighted by atomic mass is 9.94. The number of nitrogens with zero attached hydrogens (tertiary/aromatic N) is 3. The Labute approximate surface area is 193 Å². The van der Waals surface area contributed by atoms with Crippen molar-refractivity contribution in [2.75, 3.05) is 11.6 Å². The molecule has 1 saturated carbocycles. The van der Waals surface area contributed by atoms with Crippen molar-refractivity contribution in [1.82, 2.24) is 9.58 Å². The summed E-state index contributed by atoms with van der Waals surface area (Å²) in [6.07, 6.45) is 2.95. The topological polar surface area (TPSA) is 75.0 Å². The fourth-order valence-electron chi connectivity index (χ4n) is 5.03. The molecule has 0 spiro atoms. The number of hydrogen-bond acceptors (Lipinski definition) is 5. The van der Waals surface area contributed by atoms with E-state index in [4.69, 9.17) is 4.74 Å². The highest BCUT2D eigenvalue weighted by Gasteiger charge is 2.49. The van der Waals surface area contributed by atoms with Gasteiger partial charge < -0.3 is 14.7 Å². The first-order valence-corrected chi connectivity index (χ1v) is 11.2. The molecule has 0 saturated heterocycles. The molecule has 1 amide bonds. The van der Waals surface area contributed by atoms with Crippen LogP contribution in [0.4, 0.5) is 8.78 Å². The van der Waals surface area contributed by atoms with Crippen molar-refractivity contribution >= 4 is 5.91 Å². The van der Waals surface area contributed by atoms with Crippen LogP contribution in [0.15, 0.2) is 59.5 Å². The van der Waals surface area contributed by atoms with E-state index in [1.165, 1.54) is 16.9 Å². The van der Waals surface area contributed by atoms with E-state index in [2.05, 4.69) is 0 Å². The van der Waals surface area contributed by atoms with Crippen molar-refractivity contribution in [3.63, 3.8) is 0 Å². The number of fused-ring (bicyclic) bond motifs is 4. The number of halogens is 2. The van der Waals surface area contributed by atoms with Gasteiger partial charge in [-0.05, 0) is 24.5 Å². The molecular formula is C25H21F2N3O4. The Morgan fingerprint density at radius 1 is 0.971 bits per heavy atom. The monoisotopic (exact) mass is 465 g/mol. The number of pyridine rings is 1. The number of aromatic nitrogens is 1. The molecule has 174 valence electrons. The Bertz CT molecular complexity index is 1360. The van der Waals surface area contributed by atoms with Crippen molar-refractivity contribution in [3.8, 4) is 11.5 Å². The summed E-state index contributed by atoms with van der Waals surface area (Å²) in [7, 11) is 0. The number of aromatic hydroxyl groups is 1. The molecule has 1 fully saturated rings. The average molecular weight is 465 g/mol. The summed E-state index contributed by atoms with van der Waals surface area (Å²) >= 11 is 0. The highest BCUT2D eigenvalue weighted by atomic mass is 19.2. The second kappa shape index (κ2) is 7.58. The molecule has 0 bridgehead atoms. The molecule has 0 radical (unpaired) electrons. The van der Waals surface area contributed by atoms with Gasteiger partial charge in [-0.2, -0.15) is 0 Å². The van der Waals surface area contributed by atoms with Gasteiger partial charge >= 0.3 is 0 Å². The standard InChI is InChI=1S/C25H21F2N3O4/c26-17-12-16-20(13-18(17)27)34-11-9-21-29(15-6-7-15)25(33)23-24(32)19(31)8-10-28(23)30(21)22(16)14-4-2-1-3-5-14/h1-5,8,10,12-13,15,21-22,32H,6-7,9,11H2/t21-,22+/m1/s1. The van der Waals surface area contributed by atoms with E-state index in [9.17, 15) is 23.5 Å². The maximum atomic E-state index is 14.5. The molecule has 2 atom stereocenters. The van der Waals surface area contributed by atoms with Crippen LogP contribution in [0, 0.1) is 11.6 Å². The number of carbonyl (C=O) groups excluding carboxylic acids is 1. The third-order valence-corrected chi connectivity index (χ3v) is 6.67. The molecule has 1 aromatic heterocycles. The Kier molecular flexibility index (Phi) is 4.62. The van der Waals surface area contributed by atoms with E-state index in [0.29, 0.717) is 12.0 Å². The largest absolute Gasteiger partial charge is 0.502 e. The first-order chi connectivity index (χ1) is 16.5. The summed E-state index contributed by atoms with van der Waals surface area (Å²) in [5, 5.41) is 12.5. The first kappa shape index (κ1) is 20.7. The first-order valence-electron chi connectivity index (χ1n) is 11.2. The normalized spacial score (nSPS) is 21.6. The van der Waals surface area contributed by atoms with Gasteiger partial charge in [0.1, 0.15) is 18.0 Å². The van der Waals surface area contributed by atoms with Gasteiger partial charge in [-0.3, -0.25) is 19.3 Å². The molecule has 7 nitrogen and oxygen atoms in total. The van der Waals surface area contributed by atoms with Gasteiger partial charge in [-0.15, -0.1) is 0 Å². The number of amides is 1. The van der Waals surface area contributed by atoms with E-state index in [0.717, 1.165) is 30.5 Å². The van der Waals surface area contributed by atoms with Gasteiger partial charge in [-0.25, -0.2) is 8.78 Å². The predicted molar refractivity (Wildman–Crippen MR) is 118 cm³/mol. The highest BCUT2D eigenvalue weighted by Crippen LogP contribution is 2.44. The second-order valence-corrected chi connectivity index (χ2v) is 8.78. The van der Waals surface area contributed by atoms with Crippen LogP contribution in [-0.2, 0) is 0 Å². The molecule has 3 aliphatic rings. The lowest BCUT2D eigenvalue weighted by molar-refractivity contribution is 0.0474. The summed E-state index contributed by atoms with van der Waals surface area (Å²) in [4.78, 5) is 27.5. The number of hydrogen-bond donors (Lipinski definition) is 1. The minimum absolute atomic E-state index is 0.0382. The fourth-order valence-corrected chi connectivity index (χ4v) is 5.03. The van der Waals surface area contributed by atoms with Crippen molar-refractivity contribution < 1.29 is 23.4 Å². The zero-order valence-corrected chi connectivity index (χ0v) is 18.0. The van der Waals surface area contributed by atoms with Crippen molar-refractivity contribution in [2.24, 2.45) is 0 Å². The Balaban J connectivity index is 1.67.